The number of H-pyrrole nitrogens is 1. The molecule has 9 nitrogen and oxygen atoms in total. The molecule has 3 heterocycles. The zero-order valence-electron chi connectivity index (χ0n) is 19.9. The second-order valence-corrected chi connectivity index (χ2v) is 9.03. The predicted octanol–water partition coefficient (Wildman–Crippen LogP) is 3.26. The summed E-state index contributed by atoms with van der Waals surface area (Å²) in [7, 11) is 0. The first-order chi connectivity index (χ1) is 16.4. The van der Waals surface area contributed by atoms with E-state index in [1.165, 1.54) is 4.57 Å². The molecule has 0 spiro atoms. The highest BCUT2D eigenvalue weighted by Gasteiger charge is 2.22. The predicted molar refractivity (Wildman–Crippen MR) is 129 cm³/mol. The Morgan fingerprint density at radius 1 is 1.29 bits per heavy atom. The summed E-state index contributed by atoms with van der Waals surface area (Å²) >= 11 is 0. The number of aryl methyl sites for hydroxylation is 1. The van der Waals surface area contributed by atoms with Gasteiger partial charge in [-0.3, -0.25) is 19.1 Å². The Hall–Kier alpha value is -3.49. The van der Waals surface area contributed by atoms with E-state index in [4.69, 9.17) is 4.74 Å². The number of rotatable bonds is 8. The summed E-state index contributed by atoms with van der Waals surface area (Å²) in [5, 5.41) is 3.02. The van der Waals surface area contributed by atoms with Gasteiger partial charge in [-0.15, -0.1) is 0 Å². The molecule has 0 bridgehead atoms. The van der Waals surface area contributed by atoms with Gasteiger partial charge in [0.05, 0.1) is 10.9 Å². The van der Waals surface area contributed by atoms with Crippen LogP contribution in [0.15, 0.2) is 34.0 Å². The van der Waals surface area contributed by atoms with Crippen LogP contribution in [0.1, 0.15) is 80.4 Å². The van der Waals surface area contributed by atoms with Gasteiger partial charge in [0.1, 0.15) is 6.10 Å². The third-order valence-electron chi connectivity index (χ3n) is 6.12. The number of hydrogen-bond acceptors (Lipinski definition) is 6. The van der Waals surface area contributed by atoms with E-state index >= 15 is 0 Å². The Morgan fingerprint density at radius 3 is 2.76 bits per heavy atom. The van der Waals surface area contributed by atoms with Crippen LogP contribution in [0, 0.1) is 0 Å². The lowest BCUT2D eigenvalue weighted by molar-refractivity contribution is 0.0951. The van der Waals surface area contributed by atoms with E-state index in [2.05, 4.69) is 20.3 Å². The number of nitrogens with one attached hydrogen (secondary N) is 2. The van der Waals surface area contributed by atoms with Gasteiger partial charge in [-0.05, 0) is 50.2 Å². The number of aromatic nitrogens is 4. The van der Waals surface area contributed by atoms with Crippen LogP contribution in [0.25, 0.3) is 11.0 Å². The maximum Gasteiger partial charge on any atom is 0.329 e. The zero-order valence-corrected chi connectivity index (χ0v) is 19.9. The first-order valence-electron chi connectivity index (χ1n) is 12.0. The van der Waals surface area contributed by atoms with Crippen LogP contribution in [0.4, 0.5) is 0 Å². The standard InChI is InChI=1S/C25H31N5O4/c1-4-12-30-21-20(23(32)29-25(30)33)18(13-19(28-21)15(2)3)22(31)27-14-16-8-7-11-26-24(16)34-17-9-5-6-10-17/h7-8,11,13,15,17H,4-6,9-10,12,14H2,1-3H3,(H,27,31)(H,29,32,33). The third kappa shape index (κ3) is 4.88. The number of fused-ring (bicyclic) bond motifs is 1. The van der Waals surface area contributed by atoms with Gasteiger partial charge in [0.15, 0.2) is 5.65 Å². The Balaban J connectivity index is 1.69. The van der Waals surface area contributed by atoms with Crippen molar-refractivity contribution in [2.24, 2.45) is 0 Å². The number of amides is 1. The molecule has 9 heteroatoms. The topological polar surface area (TPSA) is 119 Å². The lowest BCUT2D eigenvalue weighted by Crippen LogP contribution is -2.33. The van der Waals surface area contributed by atoms with Crippen LogP contribution in [-0.4, -0.2) is 31.5 Å². The Morgan fingerprint density at radius 2 is 2.06 bits per heavy atom. The number of carbonyl (C=O) groups is 1. The number of hydrogen-bond donors (Lipinski definition) is 2. The number of aromatic amines is 1. The summed E-state index contributed by atoms with van der Waals surface area (Å²) in [6.45, 7) is 6.42. The molecular formula is C25H31N5O4. The lowest BCUT2D eigenvalue weighted by atomic mass is 10.0. The van der Waals surface area contributed by atoms with Crippen molar-refractivity contribution in [3.05, 3.63) is 62.1 Å². The zero-order chi connectivity index (χ0) is 24.2. The van der Waals surface area contributed by atoms with Gasteiger partial charge in [0.25, 0.3) is 11.5 Å². The molecule has 2 N–H and O–H groups in total. The van der Waals surface area contributed by atoms with E-state index in [9.17, 15) is 14.4 Å². The number of pyridine rings is 2. The molecule has 1 fully saturated rings. The molecule has 0 aliphatic heterocycles. The molecule has 3 aromatic rings. The van der Waals surface area contributed by atoms with Crippen molar-refractivity contribution in [3.8, 4) is 5.88 Å². The van der Waals surface area contributed by atoms with E-state index in [-0.39, 0.29) is 35.2 Å². The molecule has 1 aliphatic rings. The normalized spacial score (nSPS) is 14.1. The largest absolute Gasteiger partial charge is 0.474 e. The van der Waals surface area contributed by atoms with Crippen LogP contribution >= 0.6 is 0 Å². The minimum atomic E-state index is -0.619. The van der Waals surface area contributed by atoms with E-state index < -0.39 is 17.2 Å². The Kier molecular flexibility index (Phi) is 7.09. The van der Waals surface area contributed by atoms with Crippen molar-refractivity contribution in [1.82, 2.24) is 24.8 Å². The summed E-state index contributed by atoms with van der Waals surface area (Å²) in [6, 6.07) is 5.31. The molecular weight excluding hydrogens is 434 g/mol. The van der Waals surface area contributed by atoms with Crippen molar-refractivity contribution in [1.29, 1.82) is 0 Å². The molecule has 1 saturated carbocycles. The summed E-state index contributed by atoms with van der Waals surface area (Å²) in [5.74, 6) is 0.106. The maximum absolute atomic E-state index is 13.3. The number of carbonyl (C=O) groups excluding carboxylic acids is 1. The fourth-order valence-corrected chi connectivity index (χ4v) is 4.30. The van der Waals surface area contributed by atoms with Gasteiger partial charge in [-0.25, -0.2) is 14.8 Å². The SMILES string of the molecule is CCCn1c(=O)[nH]c(=O)c2c(C(=O)NCc3cccnc3OC3CCCC3)cc(C(C)C)nc21. The summed E-state index contributed by atoms with van der Waals surface area (Å²) < 4.78 is 7.50. The first-order valence-corrected chi connectivity index (χ1v) is 12.0. The average Bonchev–Trinajstić information content (AvgIpc) is 3.33. The van der Waals surface area contributed by atoms with Crippen molar-refractivity contribution >= 4 is 16.9 Å². The molecule has 0 unspecified atom stereocenters. The van der Waals surface area contributed by atoms with Gasteiger partial charge in [0, 0.05) is 30.5 Å². The quantitative estimate of drug-likeness (QED) is 0.527. The van der Waals surface area contributed by atoms with Crippen LogP contribution in [0.3, 0.4) is 0 Å². The highest BCUT2D eigenvalue weighted by molar-refractivity contribution is 6.05. The molecule has 0 atom stereocenters. The van der Waals surface area contributed by atoms with E-state index in [1.54, 1.807) is 18.3 Å². The summed E-state index contributed by atoms with van der Waals surface area (Å²) in [5.41, 5.74) is 0.691. The van der Waals surface area contributed by atoms with Crippen LogP contribution < -0.4 is 21.3 Å². The maximum atomic E-state index is 13.3. The van der Waals surface area contributed by atoms with Crippen molar-refractivity contribution in [3.63, 3.8) is 0 Å². The first kappa shape index (κ1) is 23.7. The summed E-state index contributed by atoms with van der Waals surface area (Å²) in [6.07, 6.45) is 6.81. The van der Waals surface area contributed by atoms with Crippen molar-refractivity contribution in [2.45, 2.75) is 78.0 Å². The monoisotopic (exact) mass is 465 g/mol. The van der Waals surface area contributed by atoms with Gasteiger partial charge in [0.2, 0.25) is 5.88 Å². The Bertz CT molecular complexity index is 1300. The van der Waals surface area contributed by atoms with Gasteiger partial charge < -0.3 is 10.1 Å². The average molecular weight is 466 g/mol. The molecule has 34 heavy (non-hydrogen) atoms. The highest BCUT2D eigenvalue weighted by Crippen LogP contribution is 2.25. The van der Waals surface area contributed by atoms with E-state index in [1.807, 2.05) is 26.8 Å². The number of nitrogens with zero attached hydrogens (tertiary/aromatic N) is 3. The van der Waals surface area contributed by atoms with Gasteiger partial charge >= 0.3 is 5.69 Å². The van der Waals surface area contributed by atoms with Gasteiger partial charge in [-0.2, -0.15) is 0 Å². The molecule has 180 valence electrons. The highest BCUT2D eigenvalue weighted by atomic mass is 16.5. The molecule has 4 rings (SSSR count). The van der Waals surface area contributed by atoms with Crippen molar-refractivity contribution < 1.29 is 9.53 Å². The molecule has 1 amide bonds. The minimum Gasteiger partial charge on any atom is -0.474 e. The fraction of sp³-hybridized carbons (Fsp3) is 0.480. The smallest absolute Gasteiger partial charge is 0.329 e. The second-order valence-electron chi connectivity index (χ2n) is 9.03. The van der Waals surface area contributed by atoms with E-state index in [0.717, 1.165) is 31.2 Å². The third-order valence-corrected chi connectivity index (χ3v) is 6.12. The van der Waals surface area contributed by atoms with Crippen molar-refractivity contribution in [2.75, 3.05) is 0 Å². The molecule has 1 aliphatic carbocycles. The second kappa shape index (κ2) is 10.2. The lowest BCUT2D eigenvalue weighted by Gasteiger charge is -2.16. The van der Waals surface area contributed by atoms with Crippen LogP contribution in [-0.2, 0) is 13.1 Å². The van der Waals surface area contributed by atoms with E-state index in [0.29, 0.717) is 24.5 Å². The van der Waals surface area contributed by atoms with Crippen LogP contribution in [0.5, 0.6) is 5.88 Å². The minimum absolute atomic E-state index is 0.00477. The van der Waals surface area contributed by atoms with Crippen LogP contribution in [0.2, 0.25) is 0 Å². The fourth-order valence-electron chi connectivity index (χ4n) is 4.30. The Labute approximate surface area is 197 Å². The molecule has 0 saturated heterocycles. The number of ether oxygens (including phenoxy) is 1. The molecule has 0 radical (unpaired) electrons. The molecule has 3 aromatic heterocycles. The molecule has 0 aromatic carbocycles. The van der Waals surface area contributed by atoms with Gasteiger partial charge in [-0.1, -0.05) is 26.8 Å². The summed E-state index contributed by atoms with van der Waals surface area (Å²) in [4.78, 5) is 49.8.